The molecule has 0 aliphatic rings. The van der Waals surface area contributed by atoms with E-state index in [9.17, 15) is 4.79 Å². The number of hydrogen-bond donors (Lipinski definition) is 1. The average Bonchev–Trinajstić information content (AvgIpc) is 2.62. The van der Waals surface area contributed by atoms with Crippen molar-refractivity contribution in [3.05, 3.63) is 58.1 Å². The second-order valence-corrected chi connectivity index (χ2v) is 7.11. The van der Waals surface area contributed by atoms with Crippen molar-refractivity contribution < 1.29 is 14.3 Å². The molecule has 0 aromatic heterocycles. The van der Waals surface area contributed by atoms with Crippen LogP contribution >= 0.6 is 15.9 Å². The highest BCUT2D eigenvalue weighted by Crippen LogP contribution is 2.25. The summed E-state index contributed by atoms with van der Waals surface area (Å²) in [7, 11) is 5.16. The standard InChI is InChI=1S/C20H25BrN2O3/c1-14(15-5-8-17(21)9-6-15)22-20(24)13-23(2)12-16-7-10-18(25-3)11-19(16)26-4/h5-11,14H,12-13H2,1-4H3,(H,22,24)/t14-/m0/s1. The highest BCUT2D eigenvalue weighted by Gasteiger charge is 2.13. The quantitative estimate of drug-likeness (QED) is 0.705. The number of benzene rings is 2. The van der Waals surface area contributed by atoms with E-state index in [1.165, 1.54) is 0 Å². The smallest absolute Gasteiger partial charge is 0.234 e. The lowest BCUT2D eigenvalue weighted by atomic mass is 10.1. The lowest BCUT2D eigenvalue weighted by molar-refractivity contribution is -0.122. The Labute approximate surface area is 163 Å². The van der Waals surface area contributed by atoms with E-state index in [1.54, 1.807) is 14.2 Å². The first-order valence-corrected chi connectivity index (χ1v) is 9.16. The number of rotatable bonds is 8. The summed E-state index contributed by atoms with van der Waals surface area (Å²) in [5.74, 6) is 1.48. The van der Waals surface area contributed by atoms with Gasteiger partial charge in [-0.2, -0.15) is 0 Å². The molecule has 2 rings (SSSR count). The van der Waals surface area contributed by atoms with Crippen molar-refractivity contribution in [2.75, 3.05) is 27.8 Å². The van der Waals surface area contributed by atoms with Crippen molar-refractivity contribution in [3.8, 4) is 11.5 Å². The Balaban J connectivity index is 1.91. The molecule has 0 saturated carbocycles. The van der Waals surface area contributed by atoms with Crippen molar-refractivity contribution in [2.45, 2.75) is 19.5 Å². The highest BCUT2D eigenvalue weighted by molar-refractivity contribution is 9.10. The molecule has 0 spiro atoms. The van der Waals surface area contributed by atoms with Gasteiger partial charge in [-0.3, -0.25) is 9.69 Å². The molecule has 5 nitrogen and oxygen atoms in total. The normalized spacial score (nSPS) is 11.9. The van der Waals surface area contributed by atoms with Gasteiger partial charge in [0.1, 0.15) is 11.5 Å². The molecule has 1 N–H and O–H groups in total. The fourth-order valence-electron chi connectivity index (χ4n) is 2.70. The van der Waals surface area contributed by atoms with Gasteiger partial charge in [-0.15, -0.1) is 0 Å². The van der Waals surface area contributed by atoms with Gasteiger partial charge < -0.3 is 14.8 Å². The number of likely N-dealkylation sites (N-methyl/N-ethyl adjacent to an activating group) is 1. The summed E-state index contributed by atoms with van der Waals surface area (Å²) < 4.78 is 11.6. The molecule has 26 heavy (non-hydrogen) atoms. The summed E-state index contributed by atoms with van der Waals surface area (Å²) in [5.41, 5.74) is 2.07. The topological polar surface area (TPSA) is 50.8 Å². The molecule has 0 saturated heterocycles. The Bertz CT molecular complexity index is 734. The maximum atomic E-state index is 12.3. The number of hydrogen-bond acceptors (Lipinski definition) is 4. The molecule has 0 radical (unpaired) electrons. The van der Waals surface area contributed by atoms with Gasteiger partial charge in [0.05, 0.1) is 26.8 Å². The Morgan fingerprint density at radius 2 is 1.85 bits per heavy atom. The van der Waals surface area contributed by atoms with Crippen molar-refractivity contribution >= 4 is 21.8 Å². The van der Waals surface area contributed by atoms with Crippen LogP contribution in [0.5, 0.6) is 11.5 Å². The molecule has 2 aromatic rings. The molecular weight excluding hydrogens is 396 g/mol. The monoisotopic (exact) mass is 420 g/mol. The van der Waals surface area contributed by atoms with E-state index < -0.39 is 0 Å². The number of halogens is 1. The van der Waals surface area contributed by atoms with Crippen molar-refractivity contribution in [1.82, 2.24) is 10.2 Å². The van der Waals surface area contributed by atoms with Gasteiger partial charge in [0.15, 0.2) is 0 Å². The first-order chi connectivity index (χ1) is 12.4. The van der Waals surface area contributed by atoms with Crippen LogP contribution in [0.15, 0.2) is 46.9 Å². The lowest BCUT2D eigenvalue weighted by Crippen LogP contribution is -2.36. The predicted octanol–water partition coefficient (Wildman–Crippen LogP) is 3.78. The molecule has 140 valence electrons. The molecule has 0 fully saturated rings. The zero-order valence-corrected chi connectivity index (χ0v) is 17.2. The number of nitrogens with zero attached hydrogens (tertiary/aromatic N) is 1. The van der Waals surface area contributed by atoms with Crippen molar-refractivity contribution in [3.63, 3.8) is 0 Å². The Morgan fingerprint density at radius 3 is 2.46 bits per heavy atom. The fourth-order valence-corrected chi connectivity index (χ4v) is 2.96. The summed E-state index contributed by atoms with van der Waals surface area (Å²) in [6.45, 7) is 2.89. The lowest BCUT2D eigenvalue weighted by Gasteiger charge is -2.20. The van der Waals surface area contributed by atoms with Crippen LogP contribution in [0.1, 0.15) is 24.1 Å². The zero-order valence-electron chi connectivity index (χ0n) is 15.6. The minimum absolute atomic E-state index is 0.0182. The predicted molar refractivity (Wildman–Crippen MR) is 107 cm³/mol. The molecule has 6 heteroatoms. The van der Waals surface area contributed by atoms with Gasteiger partial charge in [0.2, 0.25) is 5.91 Å². The van der Waals surface area contributed by atoms with Gasteiger partial charge >= 0.3 is 0 Å². The van der Waals surface area contributed by atoms with Crippen LogP contribution in [0.3, 0.4) is 0 Å². The first-order valence-electron chi connectivity index (χ1n) is 8.37. The maximum Gasteiger partial charge on any atom is 0.234 e. The molecule has 1 atom stereocenters. The van der Waals surface area contributed by atoms with Crippen molar-refractivity contribution in [2.24, 2.45) is 0 Å². The molecule has 0 aliphatic heterocycles. The van der Waals surface area contributed by atoms with E-state index in [0.717, 1.165) is 27.1 Å². The molecule has 2 aromatic carbocycles. The third-order valence-corrected chi connectivity index (χ3v) is 4.62. The molecule has 0 heterocycles. The minimum Gasteiger partial charge on any atom is -0.497 e. The summed E-state index contributed by atoms with van der Waals surface area (Å²) in [5, 5.41) is 3.03. The minimum atomic E-state index is -0.0421. The summed E-state index contributed by atoms with van der Waals surface area (Å²) in [6.07, 6.45) is 0. The summed E-state index contributed by atoms with van der Waals surface area (Å²) in [4.78, 5) is 14.3. The highest BCUT2D eigenvalue weighted by atomic mass is 79.9. The zero-order chi connectivity index (χ0) is 19.1. The number of nitrogens with one attached hydrogen (secondary N) is 1. The Kier molecular flexibility index (Phi) is 7.48. The van der Waals surface area contributed by atoms with Gasteiger partial charge in [0, 0.05) is 22.6 Å². The fraction of sp³-hybridized carbons (Fsp3) is 0.350. The van der Waals surface area contributed by atoms with E-state index >= 15 is 0 Å². The molecule has 1 amide bonds. The number of ether oxygens (including phenoxy) is 2. The molecule has 0 bridgehead atoms. The van der Waals surface area contributed by atoms with E-state index in [2.05, 4.69) is 21.2 Å². The van der Waals surface area contributed by atoms with Crippen LogP contribution < -0.4 is 14.8 Å². The van der Waals surface area contributed by atoms with Crippen LogP contribution in [0, 0.1) is 0 Å². The van der Waals surface area contributed by atoms with Gasteiger partial charge in [0.25, 0.3) is 0 Å². The van der Waals surface area contributed by atoms with E-state index in [0.29, 0.717) is 13.1 Å². The van der Waals surface area contributed by atoms with Crippen molar-refractivity contribution in [1.29, 1.82) is 0 Å². The maximum absolute atomic E-state index is 12.3. The second-order valence-electron chi connectivity index (χ2n) is 6.19. The number of amides is 1. The number of carbonyl (C=O) groups excluding carboxylic acids is 1. The molecular formula is C20H25BrN2O3. The summed E-state index contributed by atoms with van der Waals surface area (Å²) in [6, 6.07) is 13.6. The second kappa shape index (κ2) is 9.59. The first kappa shape index (κ1) is 20.3. The Morgan fingerprint density at radius 1 is 1.15 bits per heavy atom. The third-order valence-electron chi connectivity index (χ3n) is 4.10. The van der Waals surface area contributed by atoms with Crippen LogP contribution in [-0.4, -0.2) is 38.6 Å². The van der Waals surface area contributed by atoms with Gasteiger partial charge in [-0.05, 0) is 37.7 Å². The Hall–Kier alpha value is -2.05. The largest absolute Gasteiger partial charge is 0.497 e. The van der Waals surface area contributed by atoms with Crippen LogP contribution in [0.2, 0.25) is 0 Å². The van der Waals surface area contributed by atoms with Crippen LogP contribution in [-0.2, 0) is 11.3 Å². The van der Waals surface area contributed by atoms with Gasteiger partial charge in [-0.25, -0.2) is 0 Å². The summed E-state index contributed by atoms with van der Waals surface area (Å²) >= 11 is 3.42. The van der Waals surface area contributed by atoms with Crippen LogP contribution in [0.4, 0.5) is 0 Å². The van der Waals surface area contributed by atoms with E-state index in [4.69, 9.17) is 9.47 Å². The molecule has 0 aliphatic carbocycles. The van der Waals surface area contributed by atoms with E-state index in [1.807, 2.05) is 61.3 Å². The SMILES string of the molecule is COc1ccc(CN(C)CC(=O)N[C@@H](C)c2ccc(Br)cc2)c(OC)c1. The third kappa shape index (κ3) is 5.75. The molecule has 0 unspecified atom stereocenters. The number of methoxy groups -OCH3 is 2. The van der Waals surface area contributed by atoms with Crippen LogP contribution in [0.25, 0.3) is 0 Å². The van der Waals surface area contributed by atoms with E-state index in [-0.39, 0.29) is 11.9 Å². The number of carbonyl (C=O) groups is 1. The average molecular weight is 421 g/mol. The van der Waals surface area contributed by atoms with Gasteiger partial charge in [-0.1, -0.05) is 34.1 Å².